The van der Waals surface area contributed by atoms with Crippen LogP contribution in [0.2, 0.25) is 0 Å². The van der Waals surface area contributed by atoms with Gasteiger partial charge in [-0.1, -0.05) is 30.3 Å². The fourth-order valence-corrected chi connectivity index (χ4v) is 4.17. The number of benzene rings is 3. The fourth-order valence-electron chi connectivity index (χ4n) is 4.17. The van der Waals surface area contributed by atoms with Crippen LogP contribution in [-0.4, -0.2) is 50.3 Å². The van der Waals surface area contributed by atoms with Gasteiger partial charge in [-0.2, -0.15) is 0 Å². The van der Waals surface area contributed by atoms with Gasteiger partial charge in [0, 0.05) is 18.9 Å². The molecular weight excluding hydrogens is 530 g/mol. The zero-order valence-corrected chi connectivity index (χ0v) is 22.6. The van der Waals surface area contributed by atoms with Crippen LogP contribution >= 0.6 is 0 Å². The molecule has 3 aromatic rings. The molecule has 0 spiro atoms. The molecule has 3 aromatic carbocycles. The van der Waals surface area contributed by atoms with Crippen LogP contribution in [0, 0.1) is 0 Å². The van der Waals surface area contributed by atoms with E-state index in [4.69, 9.17) is 34.5 Å². The van der Waals surface area contributed by atoms with Gasteiger partial charge in [0.05, 0.1) is 24.1 Å². The number of methoxy groups -OCH3 is 1. The summed E-state index contributed by atoms with van der Waals surface area (Å²) < 4.78 is 27.9. The lowest BCUT2D eigenvalue weighted by Crippen LogP contribution is -2.28. The second-order valence-corrected chi connectivity index (χ2v) is 8.99. The number of nitrogens with one attached hydrogen (secondary N) is 2. The first kappa shape index (κ1) is 29.2. The van der Waals surface area contributed by atoms with Gasteiger partial charge in [-0.25, -0.2) is 4.79 Å². The van der Waals surface area contributed by atoms with Crippen LogP contribution in [0.3, 0.4) is 0 Å². The van der Waals surface area contributed by atoms with E-state index < -0.39 is 18.3 Å². The first-order valence-corrected chi connectivity index (χ1v) is 13.0. The molecule has 0 aromatic heterocycles. The Morgan fingerprint density at radius 2 is 1.88 bits per heavy atom. The molecule has 0 unspecified atom stereocenters. The molecule has 1 aliphatic heterocycles. The van der Waals surface area contributed by atoms with Crippen molar-refractivity contribution in [2.45, 2.75) is 25.0 Å². The van der Waals surface area contributed by atoms with E-state index in [1.807, 2.05) is 0 Å². The predicted octanol–water partition coefficient (Wildman–Crippen LogP) is 4.65. The van der Waals surface area contributed by atoms with Crippen LogP contribution in [0.4, 0.5) is 21.9 Å². The number of nitrogen functional groups attached to an aromatic ring is 1. The van der Waals surface area contributed by atoms with Crippen LogP contribution < -0.4 is 30.6 Å². The van der Waals surface area contributed by atoms with Crippen LogP contribution in [0.25, 0.3) is 0 Å². The van der Waals surface area contributed by atoms with Crippen LogP contribution in [0.5, 0.6) is 17.2 Å². The van der Waals surface area contributed by atoms with E-state index in [9.17, 15) is 9.59 Å². The summed E-state index contributed by atoms with van der Waals surface area (Å²) in [7, 11) is 1.53. The highest BCUT2D eigenvalue weighted by molar-refractivity contribution is 6.01. The third-order valence-corrected chi connectivity index (χ3v) is 6.15. The van der Waals surface area contributed by atoms with Crippen LogP contribution in [-0.2, 0) is 14.3 Å². The Morgan fingerprint density at radius 3 is 2.68 bits per heavy atom. The minimum absolute atomic E-state index is 0.117. The average molecular weight is 564 g/mol. The van der Waals surface area contributed by atoms with Crippen molar-refractivity contribution in [2.75, 3.05) is 43.5 Å². The number of rotatable bonds is 13. The second-order valence-electron chi connectivity index (χ2n) is 8.99. The zero-order chi connectivity index (χ0) is 29.0. The number of aliphatic hydroxyl groups is 1. The van der Waals surface area contributed by atoms with Crippen molar-refractivity contribution >= 4 is 29.1 Å². The lowest BCUT2D eigenvalue weighted by Gasteiger charge is -2.26. The molecular formula is C30H33N3O8. The number of carbonyl (C=O) groups is 2. The van der Waals surface area contributed by atoms with Crippen LogP contribution in [0.1, 0.15) is 24.5 Å². The average Bonchev–Trinajstić information content (AvgIpc) is 3.44. The van der Waals surface area contributed by atoms with E-state index in [1.165, 1.54) is 13.2 Å². The molecule has 0 saturated carbocycles. The third kappa shape index (κ3) is 8.37. The molecule has 11 heteroatoms. The summed E-state index contributed by atoms with van der Waals surface area (Å²) in [4.78, 5) is 25.3. The summed E-state index contributed by atoms with van der Waals surface area (Å²) in [5.41, 5.74) is 7.99. The Morgan fingerprint density at radius 1 is 1.05 bits per heavy atom. The second kappa shape index (κ2) is 14.6. The molecule has 5 N–H and O–H groups in total. The maximum absolute atomic E-state index is 13.0. The number of fused-ring (bicyclic) bond motifs is 1. The molecule has 0 radical (unpaired) electrons. The summed E-state index contributed by atoms with van der Waals surface area (Å²) in [6.07, 6.45) is 1.93. The van der Waals surface area contributed by atoms with Crippen molar-refractivity contribution in [3.8, 4) is 17.2 Å². The highest BCUT2D eigenvalue weighted by Gasteiger charge is 2.28. The SMILES string of the molecule is CO[C@@H](CC/C=C/C(=O)Nc1ccccc1N)[C@@H](OC(=O)Nc1ccc2c(c1)OCO2)c1cccc(OCCO)c1. The monoisotopic (exact) mass is 563 g/mol. The largest absolute Gasteiger partial charge is 0.491 e. The molecule has 1 heterocycles. The van der Waals surface area contributed by atoms with E-state index in [2.05, 4.69) is 10.6 Å². The fraction of sp³-hybridized carbons (Fsp3) is 0.267. The molecule has 2 amide bonds. The van der Waals surface area contributed by atoms with Crippen molar-refractivity contribution in [2.24, 2.45) is 0 Å². The number of anilines is 3. The maximum atomic E-state index is 13.0. The maximum Gasteiger partial charge on any atom is 0.412 e. The van der Waals surface area contributed by atoms with E-state index in [1.54, 1.807) is 72.8 Å². The van der Waals surface area contributed by atoms with E-state index >= 15 is 0 Å². The summed E-state index contributed by atoms with van der Waals surface area (Å²) in [5, 5.41) is 14.6. The van der Waals surface area contributed by atoms with E-state index in [-0.39, 0.29) is 25.9 Å². The van der Waals surface area contributed by atoms with Crippen LogP contribution in [0.15, 0.2) is 78.9 Å². The van der Waals surface area contributed by atoms with Gasteiger partial charge in [0.2, 0.25) is 12.7 Å². The zero-order valence-electron chi connectivity index (χ0n) is 22.6. The molecule has 0 bridgehead atoms. The lowest BCUT2D eigenvalue weighted by molar-refractivity contribution is -0.111. The number of nitrogens with two attached hydrogens (primary N) is 1. The number of ether oxygens (including phenoxy) is 5. The smallest absolute Gasteiger partial charge is 0.412 e. The molecule has 0 aliphatic carbocycles. The Labute approximate surface area is 237 Å². The van der Waals surface area contributed by atoms with Gasteiger partial charge >= 0.3 is 6.09 Å². The number of allylic oxidation sites excluding steroid dienone is 1. The van der Waals surface area contributed by atoms with Gasteiger partial charge < -0.3 is 39.8 Å². The number of carbonyl (C=O) groups excluding carboxylic acids is 2. The summed E-state index contributed by atoms with van der Waals surface area (Å²) in [5.74, 6) is 1.30. The van der Waals surface area contributed by atoms with E-state index in [0.29, 0.717) is 52.7 Å². The number of amides is 2. The minimum atomic E-state index is -0.821. The van der Waals surface area contributed by atoms with Gasteiger partial charge in [-0.3, -0.25) is 10.1 Å². The van der Waals surface area contributed by atoms with Gasteiger partial charge in [0.1, 0.15) is 12.4 Å². The van der Waals surface area contributed by atoms with Gasteiger partial charge in [-0.15, -0.1) is 0 Å². The summed E-state index contributed by atoms with van der Waals surface area (Å²) in [6, 6.07) is 19.0. The normalized spacial score (nSPS) is 13.4. The van der Waals surface area contributed by atoms with Gasteiger partial charge in [-0.05, 0) is 60.9 Å². The van der Waals surface area contributed by atoms with Gasteiger partial charge in [0.25, 0.3) is 0 Å². The number of hydrogen-bond acceptors (Lipinski definition) is 9. The topological polar surface area (TPSA) is 151 Å². The predicted molar refractivity (Wildman–Crippen MR) is 153 cm³/mol. The Balaban J connectivity index is 1.44. The quantitative estimate of drug-likeness (QED) is 0.172. The Hall–Kier alpha value is -4.74. The van der Waals surface area contributed by atoms with Crippen molar-refractivity contribution in [3.05, 3.63) is 84.4 Å². The molecule has 2 atom stereocenters. The number of aliphatic hydroxyl groups excluding tert-OH is 1. The van der Waals surface area contributed by atoms with Crippen molar-refractivity contribution in [3.63, 3.8) is 0 Å². The summed E-state index contributed by atoms with van der Waals surface area (Å²) >= 11 is 0. The molecule has 0 saturated heterocycles. The third-order valence-electron chi connectivity index (χ3n) is 6.15. The Kier molecular flexibility index (Phi) is 10.4. The number of hydrogen-bond donors (Lipinski definition) is 4. The standard InChI is InChI=1S/C30H33N3O8/c1-37-26(11-4-5-12-28(35)33-24-10-3-2-9-23(24)31)29(20-7-6-8-22(17-20)38-16-15-34)41-30(36)32-21-13-14-25-27(18-21)40-19-39-25/h2-3,5-10,12-14,17-18,26,29,34H,4,11,15-16,19,31H2,1H3,(H,32,36)(H,33,35)/b12-5+/t26-,29-/m0/s1. The first-order chi connectivity index (χ1) is 20.0. The first-order valence-electron chi connectivity index (χ1n) is 13.0. The summed E-state index contributed by atoms with van der Waals surface area (Å²) in [6.45, 7) is 0.0975. The molecule has 11 nitrogen and oxygen atoms in total. The molecule has 0 fully saturated rings. The van der Waals surface area contributed by atoms with Crippen molar-refractivity contribution in [1.82, 2.24) is 0 Å². The highest BCUT2D eigenvalue weighted by Crippen LogP contribution is 2.35. The molecule has 41 heavy (non-hydrogen) atoms. The highest BCUT2D eigenvalue weighted by atomic mass is 16.7. The molecule has 4 rings (SSSR count). The van der Waals surface area contributed by atoms with Crippen molar-refractivity contribution in [1.29, 1.82) is 0 Å². The Bertz CT molecular complexity index is 1360. The minimum Gasteiger partial charge on any atom is -0.491 e. The lowest BCUT2D eigenvalue weighted by atomic mass is 10.00. The van der Waals surface area contributed by atoms with Gasteiger partial charge in [0.15, 0.2) is 17.6 Å². The van der Waals surface area contributed by atoms with Crippen molar-refractivity contribution < 1.29 is 38.4 Å². The number of para-hydroxylation sites is 2. The van der Waals surface area contributed by atoms with E-state index in [0.717, 1.165) is 0 Å². The molecule has 216 valence electrons. The molecule has 1 aliphatic rings.